The van der Waals surface area contributed by atoms with E-state index in [0.29, 0.717) is 0 Å². The van der Waals surface area contributed by atoms with Crippen molar-refractivity contribution in [2.45, 2.75) is 0 Å². The van der Waals surface area contributed by atoms with E-state index in [-0.39, 0.29) is 10.6 Å². The van der Waals surface area contributed by atoms with Crippen molar-refractivity contribution >= 4 is 17.6 Å². The molecular formula is C6H4ClNO3. The molecule has 0 aromatic carbocycles. The predicted molar refractivity (Wildman–Crippen MR) is 39.0 cm³/mol. The highest BCUT2D eigenvalue weighted by atomic mass is 35.5. The van der Waals surface area contributed by atoms with Crippen LogP contribution in [0.15, 0.2) is 17.1 Å². The molecule has 0 aliphatic carbocycles. The molecule has 11 heavy (non-hydrogen) atoms. The van der Waals surface area contributed by atoms with Crippen molar-refractivity contribution in [1.82, 2.24) is 4.98 Å². The van der Waals surface area contributed by atoms with E-state index in [1.807, 2.05) is 0 Å². The van der Waals surface area contributed by atoms with Crippen molar-refractivity contribution in [2.24, 2.45) is 0 Å². The Morgan fingerprint density at radius 1 is 1.64 bits per heavy atom. The Labute approximate surface area is 66.4 Å². The van der Waals surface area contributed by atoms with Crippen LogP contribution in [0.1, 0.15) is 10.4 Å². The summed E-state index contributed by atoms with van der Waals surface area (Å²) in [5.41, 5.74) is -1.00. The van der Waals surface area contributed by atoms with Crippen molar-refractivity contribution in [2.75, 3.05) is 0 Å². The van der Waals surface area contributed by atoms with Crippen LogP contribution in [-0.4, -0.2) is 16.1 Å². The second-order valence-corrected chi connectivity index (χ2v) is 2.30. The monoisotopic (exact) mass is 173 g/mol. The molecule has 0 amide bonds. The number of H-pyrrole nitrogens is 1. The summed E-state index contributed by atoms with van der Waals surface area (Å²) in [4.78, 5) is 23.2. The fraction of sp³-hybridized carbons (Fsp3) is 0. The topological polar surface area (TPSA) is 70.2 Å². The first-order valence-corrected chi connectivity index (χ1v) is 3.10. The summed E-state index contributed by atoms with van der Waals surface area (Å²) in [6, 6.07) is 1.10. The third-order valence-electron chi connectivity index (χ3n) is 1.10. The summed E-state index contributed by atoms with van der Waals surface area (Å²) in [5, 5.41) is 8.61. The number of hydrogen-bond donors (Lipinski definition) is 2. The molecule has 1 aromatic rings. The molecular weight excluding hydrogens is 170 g/mol. The van der Waals surface area contributed by atoms with E-state index in [4.69, 9.17) is 16.7 Å². The lowest BCUT2D eigenvalue weighted by Gasteiger charge is -1.91. The Kier molecular flexibility index (Phi) is 1.96. The number of aromatic nitrogens is 1. The van der Waals surface area contributed by atoms with Crippen LogP contribution >= 0.6 is 11.6 Å². The number of aromatic amines is 1. The van der Waals surface area contributed by atoms with Crippen LogP contribution in [0.25, 0.3) is 0 Å². The van der Waals surface area contributed by atoms with Crippen molar-refractivity contribution in [3.8, 4) is 0 Å². The first kappa shape index (κ1) is 7.81. The third kappa shape index (κ3) is 1.59. The van der Waals surface area contributed by atoms with E-state index in [1.165, 1.54) is 6.20 Å². The number of halogens is 1. The van der Waals surface area contributed by atoms with Crippen LogP contribution in [0.4, 0.5) is 0 Å². The zero-order valence-corrected chi connectivity index (χ0v) is 6.05. The van der Waals surface area contributed by atoms with Crippen molar-refractivity contribution in [3.05, 3.63) is 33.2 Å². The number of aromatic carboxylic acids is 1. The van der Waals surface area contributed by atoms with Gasteiger partial charge in [0.15, 0.2) is 0 Å². The number of carboxylic acid groups (broad SMARTS) is 1. The lowest BCUT2D eigenvalue weighted by molar-refractivity contribution is 0.0695. The van der Waals surface area contributed by atoms with Crippen LogP contribution in [0.3, 0.4) is 0 Å². The van der Waals surface area contributed by atoms with Gasteiger partial charge in [0.25, 0.3) is 5.56 Å². The van der Waals surface area contributed by atoms with Gasteiger partial charge in [-0.2, -0.15) is 0 Å². The molecule has 1 heterocycles. The largest absolute Gasteiger partial charge is 0.477 e. The zero-order chi connectivity index (χ0) is 8.43. The van der Waals surface area contributed by atoms with Gasteiger partial charge in [-0.05, 0) is 6.07 Å². The predicted octanol–water partition coefficient (Wildman–Crippen LogP) is 0.727. The molecule has 0 saturated carbocycles. The van der Waals surface area contributed by atoms with E-state index >= 15 is 0 Å². The minimum atomic E-state index is -1.28. The maximum absolute atomic E-state index is 10.7. The summed E-state index contributed by atoms with van der Waals surface area (Å²) >= 11 is 5.43. The average Bonchev–Trinajstić information content (AvgIpc) is 1.94. The first-order valence-electron chi connectivity index (χ1n) is 2.73. The van der Waals surface area contributed by atoms with Crippen LogP contribution in [0.5, 0.6) is 0 Å². The number of carbonyl (C=O) groups is 1. The van der Waals surface area contributed by atoms with E-state index < -0.39 is 11.5 Å². The minimum Gasteiger partial charge on any atom is -0.477 e. The third-order valence-corrected chi connectivity index (χ3v) is 1.32. The van der Waals surface area contributed by atoms with Crippen molar-refractivity contribution in [1.29, 1.82) is 0 Å². The van der Waals surface area contributed by atoms with E-state index in [2.05, 4.69) is 4.98 Å². The fourth-order valence-corrected chi connectivity index (χ4v) is 0.780. The second-order valence-electron chi connectivity index (χ2n) is 1.87. The molecule has 58 valence electrons. The molecule has 0 atom stereocenters. The molecule has 1 rings (SSSR count). The van der Waals surface area contributed by atoms with Gasteiger partial charge in [0.05, 0.1) is 5.02 Å². The Bertz CT molecular complexity index is 344. The summed E-state index contributed by atoms with van der Waals surface area (Å²) in [6.45, 7) is 0. The first-order chi connectivity index (χ1) is 5.11. The Morgan fingerprint density at radius 3 is 2.73 bits per heavy atom. The summed E-state index contributed by atoms with van der Waals surface area (Å²) in [5.74, 6) is -1.28. The van der Waals surface area contributed by atoms with Crippen LogP contribution in [0.2, 0.25) is 5.02 Å². The normalized spacial score (nSPS) is 9.55. The quantitative estimate of drug-likeness (QED) is 0.658. The highest BCUT2D eigenvalue weighted by Crippen LogP contribution is 2.04. The SMILES string of the molecule is O=C(O)c1cc(Cl)c[nH]c1=O. The van der Waals surface area contributed by atoms with Gasteiger partial charge in [-0.25, -0.2) is 4.79 Å². The minimum absolute atomic E-state index is 0.196. The number of hydrogen-bond acceptors (Lipinski definition) is 2. The standard InChI is InChI=1S/C6H4ClNO3/c7-3-1-4(6(10)11)5(9)8-2-3/h1-2H,(H,8,9)(H,10,11). The summed E-state index contributed by atoms with van der Waals surface area (Å²) in [7, 11) is 0. The van der Waals surface area contributed by atoms with E-state index in [0.717, 1.165) is 6.07 Å². The lowest BCUT2D eigenvalue weighted by Crippen LogP contribution is -2.16. The second kappa shape index (κ2) is 2.75. The van der Waals surface area contributed by atoms with Gasteiger partial charge >= 0.3 is 5.97 Å². The molecule has 0 fully saturated rings. The van der Waals surface area contributed by atoms with Gasteiger partial charge in [0.1, 0.15) is 5.56 Å². The van der Waals surface area contributed by atoms with Gasteiger partial charge in [-0.1, -0.05) is 11.6 Å². The van der Waals surface area contributed by atoms with Gasteiger partial charge in [0, 0.05) is 6.20 Å². The Morgan fingerprint density at radius 2 is 2.27 bits per heavy atom. The molecule has 0 aliphatic rings. The van der Waals surface area contributed by atoms with Crippen LogP contribution in [-0.2, 0) is 0 Å². The van der Waals surface area contributed by atoms with E-state index in [9.17, 15) is 9.59 Å². The zero-order valence-electron chi connectivity index (χ0n) is 5.30. The molecule has 5 heteroatoms. The number of nitrogens with one attached hydrogen (secondary N) is 1. The molecule has 0 unspecified atom stereocenters. The number of rotatable bonds is 1. The maximum atomic E-state index is 10.7. The molecule has 0 aliphatic heterocycles. The van der Waals surface area contributed by atoms with E-state index in [1.54, 1.807) is 0 Å². The molecule has 0 bridgehead atoms. The highest BCUT2D eigenvalue weighted by molar-refractivity contribution is 6.30. The van der Waals surface area contributed by atoms with Crippen LogP contribution in [0, 0.1) is 0 Å². The van der Waals surface area contributed by atoms with Gasteiger partial charge < -0.3 is 10.1 Å². The number of pyridine rings is 1. The molecule has 0 saturated heterocycles. The van der Waals surface area contributed by atoms with Crippen molar-refractivity contribution < 1.29 is 9.90 Å². The highest BCUT2D eigenvalue weighted by Gasteiger charge is 2.07. The maximum Gasteiger partial charge on any atom is 0.341 e. The molecule has 2 N–H and O–H groups in total. The molecule has 0 spiro atoms. The lowest BCUT2D eigenvalue weighted by atomic mass is 10.3. The smallest absolute Gasteiger partial charge is 0.341 e. The fourth-order valence-electron chi connectivity index (χ4n) is 0.616. The molecule has 4 nitrogen and oxygen atoms in total. The Balaban J connectivity index is 3.35. The van der Waals surface area contributed by atoms with Gasteiger partial charge in [-0.15, -0.1) is 0 Å². The summed E-state index contributed by atoms with van der Waals surface area (Å²) in [6.07, 6.45) is 1.23. The number of carboxylic acids is 1. The Hall–Kier alpha value is -1.29. The van der Waals surface area contributed by atoms with Gasteiger partial charge in [0.2, 0.25) is 0 Å². The van der Waals surface area contributed by atoms with Gasteiger partial charge in [-0.3, -0.25) is 4.79 Å². The molecule has 1 aromatic heterocycles. The molecule has 0 radical (unpaired) electrons. The van der Waals surface area contributed by atoms with Crippen LogP contribution < -0.4 is 5.56 Å². The van der Waals surface area contributed by atoms with Crippen molar-refractivity contribution in [3.63, 3.8) is 0 Å². The summed E-state index contributed by atoms with van der Waals surface area (Å²) < 4.78 is 0. The average molecular weight is 174 g/mol.